The summed E-state index contributed by atoms with van der Waals surface area (Å²) in [6, 6.07) is 4.73. The average molecular weight is 291 g/mol. The molecule has 1 heterocycles. The summed E-state index contributed by atoms with van der Waals surface area (Å²) >= 11 is 0. The molecule has 0 saturated carbocycles. The first-order chi connectivity index (χ1) is 10.1. The first-order valence-corrected chi connectivity index (χ1v) is 8.17. The Hall–Kier alpha value is -1.06. The second kappa shape index (κ2) is 7.28. The molecule has 1 aliphatic rings. The zero-order valence-corrected chi connectivity index (χ0v) is 13.9. The number of rotatable bonds is 6. The average Bonchev–Trinajstić information content (AvgIpc) is 2.98. The molecule has 0 bridgehead atoms. The van der Waals surface area contributed by atoms with Crippen molar-refractivity contribution in [3.05, 3.63) is 28.8 Å². The minimum absolute atomic E-state index is 0.229. The molecule has 3 nitrogen and oxygen atoms in total. The topological polar surface area (TPSA) is 32.7 Å². The zero-order chi connectivity index (χ0) is 15.4. The summed E-state index contributed by atoms with van der Waals surface area (Å²) in [5.74, 6) is 1.23. The van der Waals surface area contributed by atoms with Gasteiger partial charge in [-0.1, -0.05) is 13.0 Å². The fourth-order valence-electron chi connectivity index (χ4n) is 3.42. The van der Waals surface area contributed by atoms with Crippen molar-refractivity contribution in [1.29, 1.82) is 0 Å². The molecule has 1 aliphatic heterocycles. The first-order valence-electron chi connectivity index (χ1n) is 8.17. The van der Waals surface area contributed by atoms with Crippen LogP contribution in [0.4, 0.5) is 0 Å². The Kier molecular flexibility index (Phi) is 5.65. The van der Waals surface area contributed by atoms with Crippen molar-refractivity contribution in [2.75, 3.05) is 26.3 Å². The third kappa shape index (κ3) is 3.58. The highest BCUT2D eigenvalue weighted by Gasteiger charge is 2.29. The van der Waals surface area contributed by atoms with E-state index in [4.69, 9.17) is 4.74 Å². The number of hydrogen-bond donors (Lipinski definition) is 1. The first kappa shape index (κ1) is 16.3. The van der Waals surface area contributed by atoms with E-state index in [0.29, 0.717) is 12.6 Å². The van der Waals surface area contributed by atoms with Crippen LogP contribution in [0.15, 0.2) is 12.1 Å². The predicted octanol–water partition coefficient (Wildman–Crippen LogP) is 3.47. The molecule has 2 rings (SSSR count). The standard InChI is InChI=1S/C18H29NO2/c1-5-21-17-11-13(2)16(10-14(17)3)18(15(4)12-20)19-8-6-7-9-19/h10-11,15,18,20H,5-9,12H2,1-4H3. The molecule has 0 aliphatic carbocycles. The lowest BCUT2D eigenvalue weighted by Crippen LogP contribution is -2.32. The van der Waals surface area contributed by atoms with Crippen LogP contribution in [-0.2, 0) is 0 Å². The van der Waals surface area contributed by atoms with E-state index in [0.717, 1.165) is 18.8 Å². The lowest BCUT2D eigenvalue weighted by Gasteiger charge is -2.33. The molecule has 21 heavy (non-hydrogen) atoms. The maximum Gasteiger partial charge on any atom is 0.122 e. The maximum atomic E-state index is 9.67. The van der Waals surface area contributed by atoms with E-state index in [1.54, 1.807) is 0 Å². The van der Waals surface area contributed by atoms with Crippen LogP contribution in [0.3, 0.4) is 0 Å². The summed E-state index contributed by atoms with van der Waals surface area (Å²) in [5.41, 5.74) is 3.80. The Balaban J connectivity index is 2.37. The summed E-state index contributed by atoms with van der Waals surface area (Å²) < 4.78 is 5.70. The van der Waals surface area contributed by atoms with Gasteiger partial charge in [-0.2, -0.15) is 0 Å². The molecule has 1 N–H and O–H groups in total. The van der Waals surface area contributed by atoms with E-state index in [2.05, 4.69) is 37.8 Å². The van der Waals surface area contributed by atoms with Crippen LogP contribution in [0.2, 0.25) is 0 Å². The van der Waals surface area contributed by atoms with Gasteiger partial charge in [-0.15, -0.1) is 0 Å². The van der Waals surface area contributed by atoms with Crippen molar-refractivity contribution in [2.24, 2.45) is 5.92 Å². The number of aliphatic hydroxyl groups is 1. The number of nitrogens with zero attached hydrogens (tertiary/aromatic N) is 1. The Labute approximate surface area is 128 Å². The van der Waals surface area contributed by atoms with Crippen molar-refractivity contribution in [2.45, 2.75) is 46.6 Å². The number of benzene rings is 1. The van der Waals surface area contributed by atoms with Crippen molar-refractivity contribution in [3.63, 3.8) is 0 Å². The van der Waals surface area contributed by atoms with Gasteiger partial charge >= 0.3 is 0 Å². The summed E-state index contributed by atoms with van der Waals surface area (Å²) in [5, 5.41) is 9.67. The van der Waals surface area contributed by atoms with Crippen LogP contribution in [-0.4, -0.2) is 36.3 Å². The lowest BCUT2D eigenvalue weighted by molar-refractivity contribution is 0.125. The SMILES string of the molecule is CCOc1cc(C)c(C(C(C)CO)N2CCCC2)cc1C. The number of hydrogen-bond acceptors (Lipinski definition) is 3. The number of aryl methyl sites for hydroxylation is 2. The van der Waals surface area contributed by atoms with Gasteiger partial charge in [0.25, 0.3) is 0 Å². The minimum atomic E-state index is 0.229. The van der Waals surface area contributed by atoms with Crippen molar-refractivity contribution >= 4 is 0 Å². The number of likely N-dealkylation sites (tertiary alicyclic amines) is 1. The largest absolute Gasteiger partial charge is 0.494 e. The van der Waals surface area contributed by atoms with Crippen molar-refractivity contribution in [1.82, 2.24) is 4.90 Å². The van der Waals surface area contributed by atoms with Gasteiger partial charge < -0.3 is 9.84 Å². The second-order valence-electron chi connectivity index (χ2n) is 6.26. The third-order valence-corrected chi connectivity index (χ3v) is 4.54. The smallest absolute Gasteiger partial charge is 0.122 e. The molecule has 2 unspecified atom stereocenters. The van der Waals surface area contributed by atoms with E-state index < -0.39 is 0 Å². The Morgan fingerprint density at radius 1 is 1.19 bits per heavy atom. The van der Waals surface area contributed by atoms with Gasteiger partial charge in [0.15, 0.2) is 0 Å². The van der Waals surface area contributed by atoms with E-state index >= 15 is 0 Å². The van der Waals surface area contributed by atoms with Crippen molar-refractivity contribution in [3.8, 4) is 5.75 Å². The van der Waals surface area contributed by atoms with Gasteiger partial charge in [-0.25, -0.2) is 0 Å². The molecule has 0 amide bonds. The van der Waals surface area contributed by atoms with Gasteiger partial charge in [-0.05, 0) is 75.4 Å². The fraction of sp³-hybridized carbons (Fsp3) is 0.667. The van der Waals surface area contributed by atoms with Crippen LogP contribution < -0.4 is 4.74 Å². The summed E-state index contributed by atoms with van der Waals surface area (Å²) in [7, 11) is 0. The fourth-order valence-corrected chi connectivity index (χ4v) is 3.42. The summed E-state index contributed by atoms with van der Waals surface area (Å²) in [4.78, 5) is 2.53. The van der Waals surface area contributed by atoms with Gasteiger partial charge in [0.05, 0.1) is 6.61 Å². The van der Waals surface area contributed by atoms with E-state index in [-0.39, 0.29) is 12.5 Å². The molecule has 0 radical (unpaired) electrons. The third-order valence-electron chi connectivity index (χ3n) is 4.54. The van der Waals surface area contributed by atoms with Crippen LogP contribution in [0.25, 0.3) is 0 Å². The highest BCUT2D eigenvalue weighted by Crippen LogP contribution is 2.36. The Bertz CT molecular complexity index is 467. The summed E-state index contributed by atoms with van der Waals surface area (Å²) in [6.45, 7) is 11.6. The Morgan fingerprint density at radius 3 is 2.43 bits per heavy atom. The molecule has 1 aromatic rings. The van der Waals surface area contributed by atoms with Crippen LogP contribution in [0.1, 0.15) is 49.4 Å². The molecular formula is C18H29NO2. The molecule has 1 saturated heterocycles. The van der Waals surface area contributed by atoms with Crippen LogP contribution in [0.5, 0.6) is 5.75 Å². The molecule has 1 fully saturated rings. The van der Waals surface area contributed by atoms with Gasteiger partial charge in [-0.3, -0.25) is 4.90 Å². The minimum Gasteiger partial charge on any atom is -0.494 e. The van der Waals surface area contributed by atoms with Crippen LogP contribution >= 0.6 is 0 Å². The normalized spacial score (nSPS) is 18.7. The predicted molar refractivity (Wildman–Crippen MR) is 86.9 cm³/mol. The van der Waals surface area contributed by atoms with Crippen LogP contribution in [0, 0.1) is 19.8 Å². The van der Waals surface area contributed by atoms with Gasteiger partial charge in [0.1, 0.15) is 5.75 Å². The van der Waals surface area contributed by atoms with Gasteiger partial charge in [0, 0.05) is 12.6 Å². The highest BCUT2D eigenvalue weighted by molar-refractivity contribution is 5.43. The lowest BCUT2D eigenvalue weighted by atomic mass is 9.89. The molecule has 1 aromatic carbocycles. The zero-order valence-electron chi connectivity index (χ0n) is 13.9. The molecule has 2 atom stereocenters. The monoisotopic (exact) mass is 291 g/mol. The number of aliphatic hydroxyl groups excluding tert-OH is 1. The van der Waals surface area contributed by atoms with Crippen molar-refractivity contribution < 1.29 is 9.84 Å². The molecule has 0 aromatic heterocycles. The quantitative estimate of drug-likeness (QED) is 0.871. The highest BCUT2D eigenvalue weighted by atomic mass is 16.5. The summed E-state index contributed by atoms with van der Waals surface area (Å²) in [6.07, 6.45) is 2.54. The molecule has 118 valence electrons. The maximum absolute atomic E-state index is 9.67. The van der Waals surface area contributed by atoms with E-state index in [9.17, 15) is 5.11 Å². The second-order valence-corrected chi connectivity index (χ2v) is 6.26. The van der Waals surface area contributed by atoms with Gasteiger partial charge in [0.2, 0.25) is 0 Å². The number of ether oxygens (including phenoxy) is 1. The molecular weight excluding hydrogens is 262 g/mol. The van der Waals surface area contributed by atoms with E-state index in [1.165, 1.54) is 29.5 Å². The molecule has 0 spiro atoms. The van der Waals surface area contributed by atoms with E-state index in [1.807, 2.05) is 6.92 Å². The molecule has 3 heteroatoms. The Morgan fingerprint density at radius 2 is 1.86 bits per heavy atom.